The van der Waals surface area contributed by atoms with Gasteiger partial charge in [0, 0.05) is 12.3 Å². The number of carbonyl (C=O) groups is 1. The molecule has 0 unspecified atom stereocenters. The van der Waals surface area contributed by atoms with Gasteiger partial charge in [-0.3, -0.25) is 24.7 Å². The van der Waals surface area contributed by atoms with Gasteiger partial charge in [-0.1, -0.05) is 0 Å². The minimum Gasteiger partial charge on any atom is -0.506 e. The maximum absolute atomic E-state index is 11.8. The molecule has 0 saturated heterocycles. The van der Waals surface area contributed by atoms with Crippen molar-refractivity contribution in [3.8, 4) is 5.75 Å². The van der Waals surface area contributed by atoms with E-state index in [1.54, 1.807) is 0 Å². The predicted octanol–water partition coefficient (Wildman–Crippen LogP) is -0.0707. The fraction of sp³-hybridized carbons (Fsp3) is 0. The van der Waals surface area contributed by atoms with E-state index in [2.05, 4.69) is 10.3 Å². The van der Waals surface area contributed by atoms with Gasteiger partial charge in [-0.05, 0) is 6.07 Å². The molecular weight excluding hydrogens is 284 g/mol. The molecule has 21 heavy (non-hydrogen) atoms. The highest BCUT2D eigenvalue weighted by Crippen LogP contribution is 2.27. The van der Waals surface area contributed by atoms with Crippen LogP contribution < -0.4 is 16.6 Å². The van der Waals surface area contributed by atoms with E-state index < -0.39 is 27.8 Å². The number of phenolic OH excluding ortho intramolecular Hbond substituents is 1. The number of rotatable bonds is 3. The Bertz CT molecular complexity index is 837. The van der Waals surface area contributed by atoms with E-state index in [9.17, 15) is 29.6 Å². The third-order valence-corrected chi connectivity index (χ3v) is 2.50. The monoisotopic (exact) mass is 292 g/mol. The number of nitrogens with one attached hydrogen (secondary N) is 3. The Kier molecular flexibility index (Phi) is 3.52. The lowest BCUT2D eigenvalue weighted by atomic mass is 10.2. The van der Waals surface area contributed by atoms with Crippen LogP contribution in [0.25, 0.3) is 0 Å². The smallest absolute Gasteiger partial charge is 0.325 e. The van der Waals surface area contributed by atoms with Crippen LogP contribution in [-0.2, 0) is 0 Å². The molecule has 0 radical (unpaired) electrons. The number of benzene rings is 1. The Balaban J connectivity index is 2.29. The molecule has 0 aliphatic carbocycles. The fourth-order valence-electron chi connectivity index (χ4n) is 1.51. The van der Waals surface area contributed by atoms with Crippen LogP contribution in [0.2, 0.25) is 0 Å². The van der Waals surface area contributed by atoms with Crippen LogP contribution in [0.4, 0.5) is 11.4 Å². The Morgan fingerprint density at radius 2 is 2.05 bits per heavy atom. The minimum atomic E-state index is -0.905. The van der Waals surface area contributed by atoms with Crippen molar-refractivity contribution < 1.29 is 14.8 Å². The quantitative estimate of drug-likeness (QED) is 0.352. The number of aromatic nitrogens is 2. The summed E-state index contributed by atoms with van der Waals surface area (Å²) in [4.78, 5) is 47.9. The summed E-state index contributed by atoms with van der Waals surface area (Å²) in [6, 6.07) is 3.05. The summed E-state index contributed by atoms with van der Waals surface area (Å²) >= 11 is 0. The first-order chi connectivity index (χ1) is 9.88. The summed E-state index contributed by atoms with van der Waals surface area (Å²) in [5, 5.41) is 22.3. The topological polar surface area (TPSA) is 158 Å². The van der Waals surface area contributed by atoms with Gasteiger partial charge in [0.1, 0.15) is 11.3 Å². The van der Waals surface area contributed by atoms with E-state index in [1.165, 1.54) is 0 Å². The van der Waals surface area contributed by atoms with E-state index >= 15 is 0 Å². The molecule has 2 aromatic rings. The molecule has 0 saturated carbocycles. The van der Waals surface area contributed by atoms with Crippen LogP contribution in [0, 0.1) is 10.1 Å². The third kappa shape index (κ3) is 2.94. The summed E-state index contributed by atoms with van der Waals surface area (Å²) in [5.74, 6) is -1.42. The SMILES string of the molecule is O=C(Nc1ccc([N+](=O)[O-])cc1O)c1c[nH]c(=O)[nH]c1=O. The fourth-order valence-corrected chi connectivity index (χ4v) is 1.51. The zero-order chi connectivity index (χ0) is 15.6. The molecule has 2 rings (SSSR count). The number of non-ortho nitro benzene ring substituents is 1. The van der Waals surface area contributed by atoms with Crippen molar-refractivity contribution in [3.05, 3.63) is 60.9 Å². The van der Waals surface area contributed by atoms with Gasteiger partial charge in [0.25, 0.3) is 17.2 Å². The van der Waals surface area contributed by atoms with Crippen molar-refractivity contribution >= 4 is 17.3 Å². The minimum absolute atomic E-state index is 0.115. The van der Waals surface area contributed by atoms with Gasteiger partial charge in [-0.25, -0.2) is 4.79 Å². The molecule has 1 aromatic carbocycles. The molecular formula is C11H8N4O6. The number of nitro benzene ring substituents is 1. The number of hydrogen-bond acceptors (Lipinski definition) is 6. The number of hydrogen-bond donors (Lipinski definition) is 4. The molecule has 1 amide bonds. The van der Waals surface area contributed by atoms with Gasteiger partial charge in [-0.2, -0.15) is 0 Å². The van der Waals surface area contributed by atoms with Crippen molar-refractivity contribution in [2.75, 3.05) is 5.32 Å². The van der Waals surface area contributed by atoms with Crippen LogP contribution in [-0.4, -0.2) is 25.9 Å². The second kappa shape index (κ2) is 5.28. The lowest BCUT2D eigenvalue weighted by Gasteiger charge is -2.06. The largest absolute Gasteiger partial charge is 0.506 e. The zero-order valence-electron chi connectivity index (χ0n) is 10.2. The molecule has 1 heterocycles. The molecule has 0 atom stereocenters. The lowest BCUT2D eigenvalue weighted by Crippen LogP contribution is -2.29. The molecule has 0 bridgehead atoms. The van der Waals surface area contributed by atoms with E-state index in [0.717, 1.165) is 24.4 Å². The molecule has 0 fully saturated rings. The Morgan fingerprint density at radius 1 is 1.33 bits per heavy atom. The average Bonchev–Trinajstić information content (AvgIpc) is 2.40. The first-order valence-corrected chi connectivity index (χ1v) is 5.49. The molecule has 108 valence electrons. The average molecular weight is 292 g/mol. The van der Waals surface area contributed by atoms with Crippen LogP contribution >= 0.6 is 0 Å². The summed E-state index contributed by atoms with van der Waals surface area (Å²) < 4.78 is 0. The Morgan fingerprint density at radius 3 is 2.62 bits per heavy atom. The number of aromatic amines is 2. The summed E-state index contributed by atoms with van der Waals surface area (Å²) in [6.07, 6.45) is 0.916. The number of carbonyl (C=O) groups excluding carboxylic acids is 1. The van der Waals surface area contributed by atoms with Crippen LogP contribution in [0.1, 0.15) is 10.4 Å². The van der Waals surface area contributed by atoms with Crippen molar-refractivity contribution in [3.63, 3.8) is 0 Å². The maximum atomic E-state index is 11.8. The number of aromatic hydroxyl groups is 1. The van der Waals surface area contributed by atoms with Gasteiger partial charge >= 0.3 is 5.69 Å². The maximum Gasteiger partial charge on any atom is 0.325 e. The first-order valence-electron chi connectivity index (χ1n) is 5.49. The third-order valence-electron chi connectivity index (χ3n) is 2.50. The second-order valence-corrected chi connectivity index (χ2v) is 3.90. The van der Waals surface area contributed by atoms with Crippen LogP contribution in [0.3, 0.4) is 0 Å². The Hall–Kier alpha value is -3.43. The second-order valence-electron chi connectivity index (χ2n) is 3.90. The molecule has 10 heteroatoms. The molecule has 4 N–H and O–H groups in total. The van der Waals surface area contributed by atoms with Crippen molar-refractivity contribution in [1.29, 1.82) is 0 Å². The highest BCUT2D eigenvalue weighted by atomic mass is 16.6. The highest BCUT2D eigenvalue weighted by Gasteiger charge is 2.15. The normalized spacial score (nSPS) is 10.1. The van der Waals surface area contributed by atoms with Gasteiger partial charge in [0.15, 0.2) is 0 Å². The van der Waals surface area contributed by atoms with E-state index in [4.69, 9.17) is 0 Å². The van der Waals surface area contributed by atoms with Crippen molar-refractivity contribution in [1.82, 2.24) is 9.97 Å². The van der Waals surface area contributed by atoms with Gasteiger partial charge in [0.05, 0.1) is 16.7 Å². The number of nitro groups is 1. The van der Waals surface area contributed by atoms with Gasteiger partial charge < -0.3 is 15.4 Å². The van der Waals surface area contributed by atoms with E-state index in [1.807, 2.05) is 4.98 Å². The number of nitrogens with zero attached hydrogens (tertiary/aromatic N) is 1. The van der Waals surface area contributed by atoms with Gasteiger partial charge in [-0.15, -0.1) is 0 Å². The molecule has 0 aliphatic rings. The van der Waals surface area contributed by atoms with Gasteiger partial charge in [0.2, 0.25) is 0 Å². The number of phenols is 1. The molecule has 0 spiro atoms. The van der Waals surface area contributed by atoms with Crippen LogP contribution in [0.5, 0.6) is 5.75 Å². The highest BCUT2D eigenvalue weighted by molar-refractivity contribution is 6.04. The molecule has 10 nitrogen and oxygen atoms in total. The lowest BCUT2D eigenvalue weighted by molar-refractivity contribution is -0.384. The molecule has 1 aromatic heterocycles. The van der Waals surface area contributed by atoms with E-state index in [-0.39, 0.29) is 16.9 Å². The summed E-state index contributed by atoms with van der Waals surface area (Å²) in [6.45, 7) is 0. The number of amides is 1. The van der Waals surface area contributed by atoms with E-state index in [0.29, 0.717) is 0 Å². The summed E-state index contributed by atoms with van der Waals surface area (Å²) in [5.41, 5.74) is -2.52. The molecule has 0 aliphatic heterocycles. The Labute approximate surface area is 115 Å². The van der Waals surface area contributed by atoms with Crippen molar-refractivity contribution in [2.24, 2.45) is 0 Å². The van der Waals surface area contributed by atoms with Crippen LogP contribution in [0.15, 0.2) is 34.0 Å². The zero-order valence-corrected chi connectivity index (χ0v) is 10.2. The van der Waals surface area contributed by atoms with Crippen molar-refractivity contribution in [2.45, 2.75) is 0 Å². The first kappa shape index (κ1) is 14.0. The summed E-state index contributed by atoms with van der Waals surface area (Å²) in [7, 11) is 0. The predicted molar refractivity (Wildman–Crippen MR) is 70.4 cm³/mol. The number of anilines is 1. The standard InChI is InChI=1S/C11H8N4O6/c16-8-3-5(15(20)21)1-2-7(8)13-9(17)6-4-12-11(19)14-10(6)18/h1-4,16H,(H,13,17)(H2,12,14,18,19). The number of H-pyrrole nitrogens is 2.